The number of aliphatic hydroxyl groups excluding tert-OH is 1. The highest BCUT2D eigenvalue weighted by Crippen LogP contribution is 2.29. The first-order chi connectivity index (χ1) is 9.95. The lowest BCUT2D eigenvalue weighted by molar-refractivity contribution is 0.263. The minimum absolute atomic E-state index is 0.218. The van der Waals surface area contributed by atoms with Crippen molar-refractivity contribution in [2.75, 3.05) is 20.2 Å². The molecule has 0 spiro atoms. The molecule has 0 saturated heterocycles. The zero-order valence-electron chi connectivity index (χ0n) is 12.5. The van der Waals surface area contributed by atoms with Crippen molar-refractivity contribution in [3.63, 3.8) is 0 Å². The Hall–Kier alpha value is -1.35. The molecular formula is C16H21NO3S. The molecule has 4 nitrogen and oxygen atoms in total. The third kappa shape index (κ3) is 3.65. The molecule has 0 unspecified atom stereocenters. The summed E-state index contributed by atoms with van der Waals surface area (Å²) in [5, 5.41) is 8.82. The number of aliphatic hydroxyl groups is 1. The van der Waals surface area contributed by atoms with Crippen molar-refractivity contribution in [3.05, 3.63) is 29.3 Å². The van der Waals surface area contributed by atoms with Crippen LogP contribution in [-0.4, -0.2) is 38.0 Å². The van der Waals surface area contributed by atoms with Crippen molar-refractivity contribution in [1.29, 1.82) is 0 Å². The third-order valence-corrected chi connectivity index (χ3v) is 5.75. The molecule has 114 valence electrons. The molecule has 0 aliphatic heterocycles. The number of nitrogens with zero attached hydrogens (tertiary/aromatic N) is 1. The van der Waals surface area contributed by atoms with Crippen LogP contribution in [0.3, 0.4) is 0 Å². The van der Waals surface area contributed by atoms with Crippen LogP contribution in [0.4, 0.5) is 0 Å². The van der Waals surface area contributed by atoms with Gasteiger partial charge in [-0.1, -0.05) is 24.3 Å². The standard InChI is InChI=1S/C16H21NO3S/c1-13-8-9-16(15(11-13)7-4-10-18)21(19,20)17(2)12-14-5-3-6-14/h8-9,11,14,18H,3,5-6,10,12H2,1-2H3. The highest BCUT2D eigenvalue weighted by Gasteiger charge is 2.28. The van der Waals surface area contributed by atoms with Gasteiger partial charge in [0.05, 0.1) is 4.90 Å². The molecule has 1 aromatic carbocycles. The molecule has 1 saturated carbocycles. The van der Waals surface area contributed by atoms with Crippen LogP contribution in [0, 0.1) is 24.7 Å². The van der Waals surface area contributed by atoms with Gasteiger partial charge < -0.3 is 5.11 Å². The minimum Gasteiger partial charge on any atom is -0.384 e. The van der Waals surface area contributed by atoms with E-state index in [0.29, 0.717) is 18.0 Å². The van der Waals surface area contributed by atoms with Gasteiger partial charge in [0, 0.05) is 19.2 Å². The highest BCUT2D eigenvalue weighted by molar-refractivity contribution is 7.89. The highest BCUT2D eigenvalue weighted by atomic mass is 32.2. The molecule has 1 aliphatic carbocycles. The monoisotopic (exact) mass is 307 g/mol. The molecular weight excluding hydrogens is 286 g/mol. The van der Waals surface area contributed by atoms with E-state index in [1.165, 1.54) is 10.7 Å². The van der Waals surface area contributed by atoms with Crippen LogP contribution in [0.1, 0.15) is 30.4 Å². The van der Waals surface area contributed by atoms with Crippen molar-refractivity contribution in [2.24, 2.45) is 5.92 Å². The van der Waals surface area contributed by atoms with E-state index in [1.807, 2.05) is 6.92 Å². The van der Waals surface area contributed by atoms with Crippen LogP contribution < -0.4 is 0 Å². The fourth-order valence-corrected chi connectivity index (χ4v) is 3.78. The lowest BCUT2D eigenvalue weighted by Gasteiger charge is -2.29. The van der Waals surface area contributed by atoms with Crippen LogP contribution >= 0.6 is 0 Å². The lowest BCUT2D eigenvalue weighted by atomic mass is 9.86. The molecule has 21 heavy (non-hydrogen) atoms. The second kappa shape index (κ2) is 6.61. The Balaban J connectivity index is 2.33. The molecule has 1 fully saturated rings. The molecule has 0 amide bonds. The maximum atomic E-state index is 12.7. The summed E-state index contributed by atoms with van der Waals surface area (Å²) in [6.45, 7) is 2.16. The first kappa shape index (κ1) is 16.0. The molecule has 1 aromatic rings. The Bertz CT molecular complexity index is 666. The van der Waals surface area contributed by atoms with E-state index in [4.69, 9.17) is 5.11 Å². The number of hydrogen-bond acceptors (Lipinski definition) is 3. The quantitative estimate of drug-likeness (QED) is 0.862. The second-order valence-electron chi connectivity index (χ2n) is 5.54. The summed E-state index contributed by atoms with van der Waals surface area (Å²) >= 11 is 0. The van der Waals surface area contributed by atoms with Crippen LogP contribution in [0.15, 0.2) is 23.1 Å². The Labute approximate surface area is 126 Å². The van der Waals surface area contributed by atoms with Crippen LogP contribution in [-0.2, 0) is 10.0 Å². The Morgan fingerprint density at radius 3 is 2.67 bits per heavy atom. The SMILES string of the molecule is Cc1ccc(S(=O)(=O)N(C)CC2CCC2)c(C#CCO)c1. The van der Waals surface area contributed by atoms with Gasteiger partial charge in [0.1, 0.15) is 6.61 Å². The maximum Gasteiger partial charge on any atom is 0.244 e. The zero-order chi connectivity index (χ0) is 15.5. The van der Waals surface area contributed by atoms with Crippen molar-refractivity contribution < 1.29 is 13.5 Å². The second-order valence-corrected chi connectivity index (χ2v) is 7.56. The summed E-state index contributed by atoms with van der Waals surface area (Å²) in [6.07, 6.45) is 3.40. The fraction of sp³-hybridized carbons (Fsp3) is 0.500. The van der Waals surface area contributed by atoms with Crippen LogP contribution in [0.25, 0.3) is 0 Å². The summed E-state index contributed by atoms with van der Waals surface area (Å²) in [6, 6.07) is 5.12. The molecule has 1 aliphatic rings. The van der Waals surface area contributed by atoms with E-state index in [9.17, 15) is 8.42 Å². The predicted octanol–water partition coefficient (Wildman–Crippen LogP) is 1.76. The molecule has 1 N–H and O–H groups in total. The van der Waals surface area contributed by atoms with E-state index in [0.717, 1.165) is 18.4 Å². The number of sulfonamides is 1. The van der Waals surface area contributed by atoms with E-state index < -0.39 is 10.0 Å². The van der Waals surface area contributed by atoms with Crippen molar-refractivity contribution in [2.45, 2.75) is 31.1 Å². The normalized spacial score (nSPS) is 15.4. The van der Waals surface area contributed by atoms with Gasteiger partial charge in [-0.05, 0) is 43.4 Å². The molecule has 0 bridgehead atoms. The van der Waals surface area contributed by atoms with Gasteiger partial charge in [0.25, 0.3) is 0 Å². The summed E-state index contributed by atoms with van der Waals surface area (Å²) in [7, 11) is -1.92. The maximum absolute atomic E-state index is 12.7. The molecule has 5 heteroatoms. The van der Waals surface area contributed by atoms with E-state index >= 15 is 0 Å². The largest absolute Gasteiger partial charge is 0.384 e. The molecule has 0 atom stereocenters. The first-order valence-electron chi connectivity index (χ1n) is 7.12. The Morgan fingerprint density at radius 1 is 1.38 bits per heavy atom. The van der Waals surface area contributed by atoms with Gasteiger partial charge >= 0.3 is 0 Å². The van der Waals surface area contributed by atoms with Gasteiger partial charge in [0.15, 0.2) is 0 Å². The third-order valence-electron chi connectivity index (χ3n) is 3.87. The summed E-state index contributed by atoms with van der Waals surface area (Å²) in [4.78, 5) is 0.218. The number of hydrogen-bond donors (Lipinski definition) is 1. The average molecular weight is 307 g/mol. The number of rotatable bonds is 4. The van der Waals surface area contributed by atoms with E-state index in [2.05, 4.69) is 11.8 Å². The van der Waals surface area contributed by atoms with Gasteiger partial charge in [-0.25, -0.2) is 12.7 Å². The van der Waals surface area contributed by atoms with Crippen LogP contribution in [0.2, 0.25) is 0 Å². The van der Waals surface area contributed by atoms with Gasteiger partial charge in [-0.15, -0.1) is 0 Å². The zero-order valence-corrected chi connectivity index (χ0v) is 13.3. The molecule has 2 rings (SSSR count). The summed E-state index contributed by atoms with van der Waals surface area (Å²) < 4.78 is 26.8. The average Bonchev–Trinajstić information content (AvgIpc) is 2.40. The molecule has 0 heterocycles. The predicted molar refractivity (Wildman–Crippen MR) is 82.3 cm³/mol. The summed E-state index contributed by atoms with van der Waals surface area (Å²) in [5.41, 5.74) is 1.39. The van der Waals surface area contributed by atoms with Crippen LogP contribution in [0.5, 0.6) is 0 Å². The van der Waals surface area contributed by atoms with Crippen molar-refractivity contribution in [3.8, 4) is 11.8 Å². The van der Waals surface area contributed by atoms with Crippen molar-refractivity contribution in [1.82, 2.24) is 4.31 Å². The number of benzene rings is 1. The van der Waals surface area contributed by atoms with Gasteiger partial charge in [0.2, 0.25) is 10.0 Å². The van der Waals surface area contributed by atoms with E-state index in [1.54, 1.807) is 25.2 Å². The first-order valence-corrected chi connectivity index (χ1v) is 8.56. The summed E-state index contributed by atoms with van der Waals surface area (Å²) in [5.74, 6) is 5.74. The molecule has 0 radical (unpaired) electrons. The topological polar surface area (TPSA) is 57.6 Å². The Kier molecular flexibility index (Phi) is 5.04. The fourth-order valence-electron chi connectivity index (χ4n) is 2.41. The number of aryl methyl sites for hydroxylation is 1. The Morgan fingerprint density at radius 2 is 2.10 bits per heavy atom. The lowest BCUT2D eigenvalue weighted by Crippen LogP contribution is -2.34. The van der Waals surface area contributed by atoms with Gasteiger partial charge in [-0.2, -0.15) is 0 Å². The van der Waals surface area contributed by atoms with Gasteiger partial charge in [-0.3, -0.25) is 0 Å². The van der Waals surface area contributed by atoms with E-state index in [-0.39, 0.29) is 11.5 Å². The molecule has 0 aromatic heterocycles. The minimum atomic E-state index is -3.54. The van der Waals surface area contributed by atoms with Crippen molar-refractivity contribution >= 4 is 10.0 Å². The smallest absolute Gasteiger partial charge is 0.244 e.